The number of alkyl halides is 6. The number of pyridine rings is 1. The minimum Gasteiger partial charge on any atom is -0.383 e. The maximum Gasteiger partial charge on any atom is 0.435 e. The SMILES string of the molecule is Nc1nc(N)c(-c2ccc(C(F)(F)F)cc2)c(-c2c(C(F)(F)F)nn3ccccc23)n1. The number of hydrogen-bond donors (Lipinski definition) is 2. The van der Waals surface area contributed by atoms with Crippen LogP contribution >= 0.6 is 0 Å². The molecule has 6 nitrogen and oxygen atoms in total. The highest BCUT2D eigenvalue weighted by atomic mass is 19.4. The number of benzene rings is 1. The fourth-order valence-corrected chi connectivity index (χ4v) is 3.22. The smallest absolute Gasteiger partial charge is 0.383 e. The third-order valence-electron chi connectivity index (χ3n) is 4.50. The Labute approximate surface area is 170 Å². The molecule has 0 amide bonds. The Morgan fingerprint density at radius 3 is 2.06 bits per heavy atom. The van der Waals surface area contributed by atoms with Crippen molar-refractivity contribution in [3.63, 3.8) is 0 Å². The average molecular weight is 438 g/mol. The molecule has 3 aromatic heterocycles. The second kappa shape index (κ2) is 6.86. The molecular formula is C19H12F6N6. The molecule has 4 N–H and O–H groups in total. The van der Waals surface area contributed by atoms with E-state index in [1.165, 1.54) is 24.4 Å². The van der Waals surface area contributed by atoms with Crippen molar-refractivity contribution in [1.82, 2.24) is 19.6 Å². The molecule has 0 spiro atoms. The average Bonchev–Trinajstić information content (AvgIpc) is 3.07. The van der Waals surface area contributed by atoms with E-state index in [4.69, 9.17) is 11.5 Å². The zero-order valence-corrected chi connectivity index (χ0v) is 15.3. The summed E-state index contributed by atoms with van der Waals surface area (Å²) in [6.07, 6.45) is -8.12. The van der Waals surface area contributed by atoms with Crippen molar-refractivity contribution in [2.75, 3.05) is 11.5 Å². The van der Waals surface area contributed by atoms with Gasteiger partial charge in [-0.1, -0.05) is 18.2 Å². The molecule has 0 aliphatic heterocycles. The topological polar surface area (TPSA) is 95.1 Å². The molecule has 0 aliphatic carbocycles. The molecule has 0 aliphatic rings. The van der Waals surface area contributed by atoms with E-state index in [0.717, 1.165) is 28.8 Å². The summed E-state index contributed by atoms with van der Waals surface area (Å²) in [6, 6.07) is 8.12. The highest BCUT2D eigenvalue weighted by molar-refractivity contribution is 5.94. The predicted octanol–water partition coefficient (Wildman–Crippen LogP) is 4.66. The molecule has 0 saturated heterocycles. The van der Waals surface area contributed by atoms with Gasteiger partial charge in [0, 0.05) is 6.20 Å². The molecule has 4 aromatic rings. The van der Waals surface area contributed by atoms with Crippen LogP contribution in [0.2, 0.25) is 0 Å². The number of fused-ring (bicyclic) bond motifs is 1. The molecule has 0 atom stereocenters. The molecule has 1 aromatic carbocycles. The zero-order chi connectivity index (χ0) is 22.6. The van der Waals surface area contributed by atoms with E-state index in [0.29, 0.717) is 0 Å². The first-order chi connectivity index (χ1) is 14.5. The van der Waals surface area contributed by atoms with E-state index in [1.807, 2.05) is 0 Å². The van der Waals surface area contributed by atoms with Crippen molar-refractivity contribution in [2.45, 2.75) is 12.4 Å². The van der Waals surface area contributed by atoms with Gasteiger partial charge in [0.05, 0.1) is 27.9 Å². The van der Waals surface area contributed by atoms with Crippen molar-refractivity contribution in [2.24, 2.45) is 0 Å². The van der Waals surface area contributed by atoms with Gasteiger partial charge in [0.1, 0.15) is 5.82 Å². The van der Waals surface area contributed by atoms with Crippen LogP contribution in [0.3, 0.4) is 0 Å². The largest absolute Gasteiger partial charge is 0.435 e. The summed E-state index contributed by atoms with van der Waals surface area (Å²) in [4.78, 5) is 7.74. The predicted molar refractivity (Wildman–Crippen MR) is 100 cm³/mol. The number of nitrogen functional groups attached to an aromatic ring is 2. The van der Waals surface area contributed by atoms with Gasteiger partial charge in [-0.05, 0) is 29.8 Å². The van der Waals surface area contributed by atoms with Crippen LogP contribution in [0.15, 0.2) is 48.7 Å². The number of halogens is 6. The maximum atomic E-state index is 13.8. The standard InChI is InChI=1S/C19H12F6N6/c20-18(21,22)10-6-4-9(5-7-10)12-14(28-17(27)29-16(12)26)13-11-3-1-2-8-31(11)30-15(13)19(23,24)25/h1-8H,(H4,26,27,28,29). The number of nitrogens with zero attached hydrogens (tertiary/aromatic N) is 4. The van der Waals surface area contributed by atoms with E-state index < -0.39 is 35.1 Å². The van der Waals surface area contributed by atoms with Gasteiger partial charge in [-0.2, -0.15) is 36.4 Å². The molecule has 0 unspecified atom stereocenters. The summed E-state index contributed by atoms with van der Waals surface area (Å²) in [6.45, 7) is 0. The quantitative estimate of drug-likeness (QED) is 0.444. The Bertz CT molecular complexity index is 1270. The Balaban J connectivity index is 2.04. The number of rotatable bonds is 2. The maximum absolute atomic E-state index is 13.8. The first kappa shape index (κ1) is 20.4. The molecule has 3 heterocycles. The Morgan fingerprint density at radius 2 is 1.45 bits per heavy atom. The summed E-state index contributed by atoms with van der Waals surface area (Å²) in [7, 11) is 0. The second-order valence-corrected chi connectivity index (χ2v) is 6.52. The van der Waals surface area contributed by atoms with Crippen LogP contribution in [0, 0.1) is 0 Å². The lowest BCUT2D eigenvalue weighted by Gasteiger charge is -2.14. The van der Waals surface area contributed by atoms with Crippen LogP contribution in [0.4, 0.5) is 38.1 Å². The fourth-order valence-electron chi connectivity index (χ4n) is 3.22. The molecular weight excluding hydrogens is 426 g/mol. The van der Waals surface area contributed by atoms with Crippen molar-refractivity contribution in [3.8, 4) is 22.4 Å². The van der Waals surface area contributed by atoms with Gasteiger partial charge >= 0.3 is 12.4 Å². The summed E-state index contributed by atoms with van der Waals surface area (Å²) < 4.78 is 81.1. The molecule has 0 fully saturated rings. The van der Waals surface area contributed by atoms with Crippen LogP contribution < -0.4 is 11.5 Å². The van der Waals surface area contributed by atoms with Gasteiger partial charge < -0.3 is 11.5 Å². The Morgan fingerprint density at radius 1 is 0.774 bits per heavy atom. The highest BCUT2D eigenvalue weighted by Crippen LogP contribution is 2.43. The van der Waals surface area contributed by atoms with Crippen molar-refractivity contribution in [1.29, 1.82) is 0 Å². The van der Waals surface area contributed by atoms with Gasteiger partial charge in [-0.15, -0.1) is 0 Å². The Hall–Kier alpha value is -3.83. The lowest BCUT2D eigenvalue weighted by molar-refractivity contribution is -0.141. The Kier molecular flexibility index (Phi) is 4.52. The van der Waals surface area contributed by atoms with Gasteiger partial charge in [-0.3, -0.25) is 0 Å². The number of hydrogen-bond acceptors (Lipinski definition) is 5. The van der Waals surface area contributed by atoms with Gasteiger partial charge in [0.2, 0.25) is 5.95 Å². The molecule has 160 valence electrons. The van der Waals surface area contributed by atoms with Gasteiger partial charge in [-0.25, -0.2) is 9.50 Å². The normalized spacial score (nSPS) is 12.5. The van der Waals surface area contributed by atoms with Gasteiger partial charge in [0.25, 0.3) is 0 Å². The third kappa shape index (κ3) is 3.60. The molecule has 4 rings (SSSR count). The van der Waals surface area contributed by atoms with Crippen LogP contribution in [0.5, 0.6) is 0 Å². The van der Waals surface area contributed by atoms with Crippen LogP contribution in [-0.4, -0.2) is 19.6 Å². The molecule has 12 heteroatoms. The van der Waals surface area contributed by atoms with E-state index in [1.54, 1.807) is 0 Å². The summed E-state index contributed by atoms with van der Waals surface area (Å²) in [5.41, 5.74) is 8.73. The molecule has 0 bridgehead atoms. The first-order valence-corrected chi connectivity index (χ1v) is 8.62. The first-order valence-electron chi connectivity index (χ1n) is 8.62. The van der Waals surface area contributed by atoms with Crippen molar-refractivity contribution < 1.29 is 26.3 Å². The molecule has 0 radical (unpaired) electrons. The lowest BCUT2D eigenvalue weighted by Crippen LogP contribution is -2.10. The van der Waals surface area contributed by atoms with E-state index in [9.17, 15) is 26.3 Å². The van der Waals surface area contributed by atoms with Crippen molar-refractivity contribution >= 4 is 17.3 Å². The number of aromatic nitrogens is 4. The monoisotopic (exact) mass is 438 g/mol. The van der Waals surface area contributed by atoms with E-state index in [2.05, 4.69) is 15.1 Å². The van der Waals surface area contributed by atoms with Crippen LogP contribution in [0.1, 0.15) is 11.3 Å². The zero-order valence-electron chi connectivity index (χ0n) is 15.3. The summed E-state index contributed by atoms with van der Waals surface area (Å²) in [5.74, 6) is -0.683. The highest BCUT2D eigenvalue weighted by Gasteiger charge is 2.40. The third-order valence-corrected chi connectivity index (χ3v) is 4.50. The van der Waals surface area contributed by atoms with Crippen LogP contribution in [-0.2, 0) is 12.4 Å². The van der Waals surface area contributed by atoms with E-state index in [-0.39, 0.29) is 28.2 Å². The second-order valence-electron chi connectivity index (χ2n) is 6.52. The lowest BCUT2D eigenvalue weighted by atomic mass is 9.97. The fraction of sp³-hybridized carbons (Fsp3) is 0.105. The minimum absolute atomic E-state index is 0.0560. The van der Waals surface area contributed by atoms with Gasteiger partial charge in [0.15, 0.2) is 5.69 Å². The minimum atomic E-state index is -4.85. The number of anilines is 2. The number of nitrogens with two attached hydrogens (primary N) is 2. The summed E-state index contributed by atoms with van der Waals surface area (Å²) in [5, 5.41) is 3.60. The van der Waals surface area contributed by atoms with Crippen LogP contribution in [0.25, 0.3) is 27.9 Å². The summed E-state index contributed by atoms with van der Waals surface area (Å²) >= 11 is 0. The molecule has 0 saturated carbocycles. The van der Waals surface area contributed by atoms with E-state index >= 15 is 0 Å². The molecule has 31 heavy (non-hydrogen) atoms. The van der Waals surface area contributed by atoms with Crippen molar-refractivity contribution in [3.05, 3.63) is 59.9 Å².